The zero-order valence-corrected chi connectivity index (χ0v) is 14.3. The average Bonchev–Trinajstić information content (AvgIpc) is 2.99. The highest BCUT2D eigenvalue weighted by Gasteiger charge is 2.37. The van der Waals surface area contributed by atoms with Crippen molar-refractivity contribution in [2.24, 2.45) is 0 Å². The van der Waals surface area contributed by atoms with Crippen molar-refractivity contribution in [3.05, 3.63) is 59.4 Å². The predicted molar refractivity (Wildman–Crippen MR) is 90.3 cm³/mol. The van der Waals surface area contributed by atoms with Gasteiger partial charge in [-0.05, 0) is 31.7 Å². The number of β-amino-alcohol motifs (C(OH)–C–C–N with tert-alkyl or cyclic N) is 1. The van der Waals surface area contributed by atoms with Crippen molar-refractivity contribution in [3.63, 3.8) is 0 Å². The van der Waals surface area contributed by atoms with Crippen LogP contribution in [0.2, 0.25) is 0 Å². The van der Waals surface area contributed by atoms with Crippen molar-refractivity contribution in [3.8, 4) is 0 Å². The zero-order chi connectivity index (χ0) is 18.0. The molecule has 2 heterocycles. The fraction of sp³-hybridized carbons (Fsp3) is 0.389. The van der Waals surface area contributed by atoms with Gasteiger partial charge in [-0.1, -0.05) is 12.1 Å². The van der Waals surface area contributed by atoms with Gasteiger partial charge in [0.1, 0.15) is 11.5 Å². The molecule has 0 aliphatic carbocycles. The lowest BCUT2D eigenvalue weighted by Crippen LogP contribution is -2.40. The van der Waals surface area contributed by atoms with Crippen LogP contribution >= 0.6 is 0 Å². The lowest BCUT2D eigenvalue weighted by Gasteiger charge is -2.26. The number of benzene rings is 1. The summed E-state index contributed by atoms with van der Waals surface area (Å²) in [5, 5.41) is 10.4. The summed E-state index contributed by atoms with van der Waals surface area (Å²) in [5.41, 5.74) is 1.97. The molecule has 1 aliphatic rings. The van der Waals surface area contributed by atoms with E-state index in [1.165, 1.54) is 18.3 Å². The first-order valence-corrected chi connectivity index (χ1v) is 8.14. The average molecular weight is 344 g/mol. The van der Waals surface area contributed by atoms with E-state index < -0.39 is 6.10 Å². The molecule has 2 atom stereocenters. The standard InChI is InChI=1S/C18H21FN4O2/c1-12-7-21-15(8-20-12)18(25)23-10-16(17(24)11-23)22(2)9-13-3-5-14(19)6-4-13/h3-8,16-17,24H,9-11H2,1-2H3/t16-,17-/m1/s1. The number of likely N-dealkylation sites (tertiary alicyclic amines) is 1. The first kappa shape index (κ1) is 17.4. The second-order valence-electron chi connectivity index (χ2n) is 6.43. The molecule has 1 N–H and O–H groups in total. The summed E-state index contributed by atoms with van der Waals surface area (Å²) in [5.74, 6) is -0.507. The van der Waals surface area contributed by atoms with Crippen molar-refractivity contribution < 1.29 is 14.3 Å². The minimum absolute atomic E-state index is 0.188. The molecule has 25 heavy (non-hydrogen) atoms. The Hall–Kier alpha value is -2.38. The summed E-state index contributed by atoms with van der Waals surface area (Å²) in [4.78, 5) is 24.3. The van der Waals surface area contributed by atoms with Crippen LogP contribution < -0.4 is 0 Å². The fourth-order valence-electron chi connectivity index (χ4n) is 3.03. The van der Waals surface area contributed by atoms with Gasteiger partial charge in [-0.25, -0.2) is 9.37 Å². The molecule has 0 unspecified atom stereocenters. The van der Waals surface area contributed by atoms with E-state index in [1.807, 2.05) is 11.9 Å². The van der Waals surface area contributed by atoms with Crippen LogP contribution in [0.5, 0.6) is 0 Å². The van der Waals surface area contributed by atoms with Crippen LogP contribution in [0.3, 0.4) is 0 Å². The monoisotopic (exact) mass is 344 g/mol. The van der Waals surface area contributed by atoms with E-state index in [4.69, 9.17) is 0 Å². The van der Waals surface area contributed by atoms with Gasteiger partial charge in [0.05, 0.1) is 24.0 Å². The third-order valence-electron chi connectivity index (χ3n) is 4.46. The molecule has 6 nitrogen and oxygen atoms in total. The summed E-state index contributed by atoms with van der Waals surface area (Å²) in [6.07, 6.45) is 2.37. The molecule has 1 fully saturated rings. The minimum atomic E-state index is -0.646. The quantitative estimate of drug-likeness (QED) is 0.904. The molecule has 1 amide bonds. The number of aromatic nitrogens is 2. The van der Waals surface area contributed by atoms with Crippen LogP contribution in [-0.2, 0) is 6.54 Å². The Kier molecular flexibility index (Phi) is 5.06. The van der Waals surface area contributed by atoms with E-state index in [1.54, 1.807) is 30.2 Å². The minimum Gasteiger partial charge on any atom is -0.390 e. The van der Waals surface area contributed by atoms with Gasteiger partial charge >= 0.3 is 0 Å². The maximum atomic E-state index is 13.0. The maximum Gasteiger partial charge on any atom is 0.274 e. The van der Waals surface area contributed by atoms with E-state index >= 15 is 0 Å². The number of hydrogen-bond donors (Lipinski definition) is 1. The maximum absolute atomic E-state index is 13.0. The van der Waals surface area contributed by atoms with Gasteiger partial charge in [0.25, 0.3) is 5.91 Å². The number of aryl methyl sites for hydroxylation is 1. The third-order valence-corrected chi connectivity index (χ3v) is 4.46. The summed E-state index contributed by atoms with van der Waals surface area (Å²) in [6, 6.07) is 6.09. The highest BCUT2D eigenvalue weighted by Crippen LogP contribution is 2.19. The van der Waals surface area contributed by atoms with Crippen LogP contribution in [-0.4, -0.2) is 63.1 Å². The number of likely N-dealkylation sites (N-methyl/N-ethyl adjacent to an activating group) is 1. The largest absolute Gasteiger partial charge is 0.390 e. The first-order chi connectivity index (χ1) is 11.9. The molecule has 1 aliphatic heterocycles. The molecule has 3 rings (SSSR count). The second kappa shape index (κ2) is 7.25. The van der Waals surface area contributed by atoms with E-state index in [9.17, 15) is 14.3 Å². The molecule has 1 aromatic heterocycles. The Balaban J connectivity index is 1.65. The number of carbonyl (C=O) groups excluding carboxylic acids is 1. The van der Waals surface area contributed by atoms with E-state index in [0.29, 0.717) is 13.1 Å². The smallest absolute Gasteiger partial charge is 0.274 e. The molecule has 132 valence electrons. The van der Waals surface area contributed by atoms with E-state index in [0.717, 1.165) is 11.3 Å². The van der Waals surface area contributed by atoms with Gasteiger partial charge < -0.3 is 10.0 Å². The Morgan fingerprint density at radius 1 is 1.28 bits per heavy atom. The fourth-order valence-corrected chi connectivity index (χ4v) is 3.03. The number of carbonyl (C=O) groups is 1. The summed E-state index contributed by atoms with van der Waals surface area (Å²) >= 11 is 0. The van der Waals surface area contributed by atoms with Crippen molar-refractivity contribution in [2.75, 3.05) is 20.1 Å². The predicted octanol–water partition coefficient (Wildman–Crippen LogP) is 1.24. The molecule has 0 radical (unpaired) electrons. The van der Waals surface area contributed by atoms with Crippen molar-refractivity contribution in [2.45, 2.75) is 25.6 Å². The number of aliphatic hydroxyl groups is 1. The highest BCUT2D eigenvalue weighted by molar-refractivity contribution is 5.92. The Labute approximate surface area is 145 Å². The molecule has 7 heteroatoms. The number of rotatable bonds is 4. The van der Waals surface area contributed by atoms with Gasteiger partial charge in [0, 0.05) is 25.8 Å². The van der Waals surface area contributed by atoms with Crippen molar-refractivity contribution in [1.29, 1.82) is 0 Å². The van der Waals surface area contributed by atoms with Gasteiger partial charge in [0.2, 0.25) is 0 Å². The normalized spacial score (nSPS) is 20.3. The Bertz CT molecular complexity index is 736. The molecule has 0 bridgehead atoms. The zero-order valence-electron chi connectivity index (χ0n) is 14.3. The summed E-state index contributed by atoms with van der Waals surface area (Å²) < 4.78 is 13.0. The van der Waals surface area contributed by atoms with Gasteiger partial charge in [-0.15, -0.1) is 0 Å². The van der Waals surface area contributed by atoms with Gasteiger partial charge in [-0.2, -0.15) is 0 Å². The summed E-state index contributed by atoms with van der Waals surface area (Å²) in [6.45, 7) is 3.04. The van der Waals surface area contributed by atoms with Crippen LogP contribution in [0.15, 0.2) is 36.7 Å². The molecule has 0 spiro atoms. The van der Waals surface area contributed by atoms with Crippen LogP contribution in [0.1, 0.15) is 21.7 Å². The molecular weight excluding hydrogens is 323 g/mol. The molecular formula is C18H21FN4O2. The lowest BCUT2D eigenvalue weighted by atomic mass is 10.1. The summed E-state index contributed by atoms with van der Waals surface area (Å²) in [7, 11) is 1.89. The third kappa shape index (κ3) is 4.00. The Morgan fingerprint density at radius 3 is 2.64 bits per heavy atom. The van der Waals surface area contributed by atoms with Crippen molar-refractivity contribution in [1.82, 2.24) is 19.8 Å². The van der Waals surface area contributed by atoms with Crippen LogP contribution in [0.25, 0.3) is 0 Å². The molecule has 1 aromatic carbocycles. The Morgan fingerprint density at radius 2 is 2.00 bits per heavy atom. The van der Waals surface area contributed by atoms with Gasteiger partial charge in [0.15, 0.2) is 0 Å². The van der Waals surface area contributed by atoms with E-state index in [-0.39, 0.29) is 30.0 Å². The topological polar surface area (TPSA) is 69.6 Å². The number of nitrogens with zero attached hydrogens (tertiary/aromatic N) is 4. The first-order valence-electron chi connectivity index (χ1n) is 8.14. The molecule has 2 aromatic rings. The lowest BCUT2D eigenvalue weighted by molar-refractivity contribution is 0.0756. The van der Waals surface area contributed by atoms with Crippen molar-refractivity contribution >= 4 is 5.91 Å². The second-order valence-corrected chi connectivity index (χ2v) is 6.43. The number of halogens is 1. The molecule has 1 saturated heterocycles. The van der Waals surface area contributed by atoms with E-state index in [2.05, 4.69) is 9.97 Å². The number of aliphatic hydroxyl groups excluding tert-OH is 1. The molecule has 0 saturated carbocycles. The SMILES string of the molecule is Cc1cnc(C(=O)N2C[C@@H](O)[C@H](N(C)Cc3ccc(F)cc3)C2)cn1. The van der Waals surface area contributed by atoms with Crippen LogP contribution in [0.4, 0.5) is 4.39 Å². The number of amides is 1. The van der Waals surface area contributed by atoms with Crippen LogP contribution in [0, 0.1) is 12.7 Å². The number of hydrogen-bond acceptors (Lipinski definition) is 5. The van der Waals surface area contributed by atoms with Gasteiger partial charge in [-0.3, -0.25) is 14.7 Å². The highest BCUT2D eigenvalue weighted by atomic mass is 19.1.